The molecule has 3 N–H and O–H groups in total. The van der Waals surface area contributed by atoms with Crippen LogP contribution in [0.1, 0.15) is 76.4 Å². The number of nitrogens with two attached hydrogens (primary N) is 1. The van der Waals surface area contributed by atoms with Crippen molar-refractivity contribution in [1.82, 2.24) is 4.72 Å². The molecule has 0 aromatic heterocycles. The summed E-state index contributed by atoms with van der Waals surface area (Å²) in [7, 11) is -1.33. The minimum atomic E-state index is -4.36. The second kappa shape index (κ2) is 13.5. The van der Waals surface area contributed by atoms with E-state index in [4.69, 9.17) is 5.73 Å². The molecule has 2 aromatic carbocycles. The van der Waals surface area contributed by atoms with Crippen molar-refractivity contribution in [2.45, 2.75) is 71.2 Å². The molecule has 34 heavy (non-hydrogen) atoms. The Hall–Kier alpha value is -1.62. The maximum atomic E-state index is 12.6. The summed E-state index contributed by atoms with van der Waals surface area (Å²) in [5, 5.41) is 0. The first kappa shape index (κ1) is 34.5. The van der Waals surface area contributed by atoms with Crippen LogP contribution in [0.5, 0.6) is 0 Å². The van der Waals surface area contributed by atoms with Crippen LogP contribution >= 0.6 is 12.4 Å². The van der Waals surface area contributed by atoms with Crippen LogP contribution in [0, 0.1) is 0 Å². The van der Waals surface area contributed by atoms with Gasteiger partial charge in [0.2, 0.25) is 0 Å². The molecule has 0 aliphatic carbocycles. The van der Waals surface area contributed by atoms with Crippen LogP contribution in [0.25, 0.3) is 0 Å². The molecule has 0 amide bonds. The molecule has 0 aliphatic rings. The minimum Gasteiger partial charge on any atom is -0.324 e. The van der Waals surface area contributed by atoms with Gasteiger partial charge < -0.3 is 5.73 Å². The number of nitrogens with one attached hydrogen (secondary N) is 1. The van der Waals surface area contributed by atoms with E-state index in [1.165, 1.54) is 12.1 Å². The van der Waals surface area contributed by atoms with E-state index < -0.39 is 45.3 Å². The third-order valence-corrected chi connectivity index (χ3v) is 5.97. The Morgan fingerprint density at radius 3 is 1.56 bits per heavy atom. The summed E-state index contributed by atoms with van der Waals surface area (Å²) in [6, 6.07) is 9.32. The molecule has 0 saturated heterocycles. The van der Waals surface area contributed by atoms with Gasteiger partial charge in [-0.15, -0.1) is 12.4 Å². The van der Waals surface area contributed by atoms with E-state index in [9.17, 15) is 30.6 Å². The summed E-state index contributed by atoms with van der Waals surface area (Å²) in [4.78, 5) is 0. The Kier molecular flexibility index (Phi) is 13.7. The van der Waals surface area contributed by atoms with Gasteiger partial charge in [-0.2, -0.15) is 26.3 Å². The molecular formula is C23H33ClF6N2OS. The van der Waals surface area contributed by atoms with Gasteiger partial charge in [0.15, 0.2) is 0 Å². The Bertz CT molecular complexity index is 911. The maximum absolute atomic E-state index is 12.6. The Balaban J connectivity index is 0. The van der Waals surface area contributed by atoms with E-state index in [2.05, 4.69) is 4.72 Å². The van der Waals surface area contributed by atoms with Crippen molar-refractivity contribution in [2.24, 2.45) is 5.73 Å². The molecule has 0 saturated carbocycles. The summed E-state index contributed by atoms with van der Waals surface area (Å²) >= 11 is 0. The average Bonchev–Trinajstić information content (AvgIpc) is 2.66. The summed E-state index contributed by atoms with van der Waals surface area (Å²) < 4.78 is 88.6. The smallest absolute Gasteiger partial charge is 0.324 e. The fourth-order valence-electron chi connectivity index (χ4n) is 2.39. The van der Waals surface area contributed by atoms with Gasteiger partial charge in [0.1, 0.15) is 0 Å². The van der Waals surface area contributed by atoms with Crippen LogP contribution in [-0.4, -0.2) is 8.96 Å². The van der Waals surface area contributed by atoms with Crippen LogP contribution in [0.2, 0.25) is 0 Å². The van der Waals surface area contributed by atoms with E-state index in [0.29, 0.717) is 11.1 Å². The van der Waals surface area contributed by atoms with Crippen molar-refractivity contribution in [3.8, 4) is 0 Å². The first-order valence-electron chi connectivity index (χ1n) is 9.71. The van der Waals surface area contributed by atoms with Gasteiger partial charge in [-0.05, 0) is 70.0 Å². The van der Waals surface area contributed by atoms with Gasteiger partial charge in [-0.25, -0.2) is 8.93 Å². The lowest BCUT2D eigenvalue weighted by molar-refractivity contribution is -0.138. The van der Waals surface area contributed by atoms with Crippen molar-refractivity contribution in [2.75, 3.05) is 0 Å². The number of benzene rings is 2. The zero-order valence-electron chi connectivity index (χ0n) is 18.8. The first-order valence-corrected chi connectivity index (χ1v) is 10.9. The van der Waals surface area contributed by atoms with Crippen molar-refractivity contribution < 1.29 is 30.6 Å². The standard InChI is InChI=1S/C13H18F3NOS.C9H10F3N.CH4.ClH/c1-9(17-19(18)12(2,3)4)10-6-5-7-11(8-10)13(14,15)16;1-6(13)7-3-2-4-8(5-7)9(10,11)12;;/h5-9,17H,1-4H3;2-6H,13H2,1H3;1H4;1H/t9-,19+;6-;;/m00../s1. The number of halogens is 7. The predicted molar refractivity (Wildman–Crippen MR) is 129 cm³/mol. The van der Waals surface area contributed by atoms with Gasteiger partial charge in [0.25, 0.3) is 0 Å². The van der Waals surface area contributed by atoms with E-state index >= 15 is 0 Å². The molecule has 11 heteroatoms. The molecule has 3 nitrogen and oxygen atoms in total. The second-order valence-corrected chi connectivity index (χ2v) is 10.3. The SMILES string of the molecule is C.C[C@H](N)c1cccc(C(F)(F)F)c1.C[C@H](N[S@](=O)C(C)(C)C)c1cccc(C(F)(F)F)c1.Cl. The maximum Gasteiger partial charge on any atom is 0.416 e. The molecule has 0 bridgehead atoms. The number of hydrogen-bond acceptors (Lipinski definition) is 2. The van der Waals surface area contributed by atoms with Gasteiger partial charge in [-0.3, -0.25) is 0 Å². The summed E-state index contributed by atoms with van der Waals surface area (Å²) in [5.74, 6) is 0. The van der Waals surface area contributed by atoms with E-state index in [-0.39, 0.29) is 25.9 Å². The highest BCUT2D eigenvalue weighted by atomic mass is 35.5. The van der Waals surface area contributed by atoms with Crippen molar-refractivity contribution in [3.63, 3.8) is 0 Å². The molecule has 0 aliphatic heterocycles. The summed E-state index contributed by atoms with van der Waals surface area (Å²) in [6.45, 7) is 8.74. The van der Waals surface area contributed by atoms with Gasteiger partial charge >= 0.3 is 12.4 Å². The molecule has 196 valence electrons. The lowest BCUT2D eigenvalue weighted by Crippen LogP contribution is -2.34. The van der Waals surface area contributed by atoms with Crippen LogP contribution in [-0.2, 0) is 23.3 Å². The molecule has 3 atom stereocenters. The molecule has 0 unspecified atom stereocenters. The molecular weight excluding hydrogens is 502 g/mol. The Morgan fingerprint density at radius 1 is 0.824 bits per heavy atom. The van der Waals surface area contributed by atoms with Crippen molar-refractivity contribution in [3.05, 3.63) is 70.8 Å². The zero-order valence-corrected chi connectivity index (χ0v) is 20.5. The second-order valence-electron chi connectivity index (χ2n) is 8.26. The van der Waals surface area contributed by atoms with E-state index in [0.717, 1.165) is 24.3 Å². The van der Waals surface area contributed by atoms with Crippen LogP contribution in [0.15, 0.2) is 48.5 Å². The molecule has 0 heterocycles. The molecule has 0 radical (unpaired) electrons. The monoisotopic (exact) mass is 534 g/mol. The summed E-state index contributed by atoms with van der Waals surface area (Å²) in [6.07, 6.45) is -8.65. The third-order valence-electron chi connectivity index (χ3n) is 4.29. The van der Waals surface area contributed by atoms with Crippen LogP contribution < -0.4 is 10.5 Å². The quantitative estimate of drug-likeness (QED) is 0.397. The largest absolute Gasteiger partial charge is 0.416 e. The Labute approximate surface area is 206 Å². The third kappa shape index (κ3) is 11.2. The lowest BCUT2D eigenvalue weighted by Gasteiger charge is -2.22. The highest BCUT2D eigenvalue weighted by molar-refractivity contribution is 7.84. The number of rotatable bonds is 4. The van der Waals surface area contributed by atoms with E-state index in [1.54, 1.807) is 46.8 Å². The van der Waals surface area contributed by atoms with Gasteiger partial charge in [0, 0.05) is 12.1 Å². The molecule has 0 fully saturated rings. The highest BCUT2D eigenvalue weighted by Gasteiger charge is 2.31. The topological polar surface area (TPSA) is 55.1 Å². The van der Waals surface area contributed by atoms with Crippen molar-refractivity contribution >= 4 is 23.4 Å². The van der Waals surface area contributed by atoms with Crippen LogP contribution in [0.4, 0.5) is 26.3 Å². The predicted octanol–water partition coefficient (Wildman–Crippen LogP) is 7.60. The van der Waals surface area contributed by atoms with Crippen LogP contribution in [0.3, 0.4) is 0 Å². The molecule has 2 aromatic rings. The average molecular weight is 535 g/mol. The fraction of sp³-hybridized carbons (Fsp3) is 0.478. The zero-order chi connectivity index (χ0) is 24.9. The minimum absolute atomic E-state index is 0. The van der Waals surface area contributed by atoms with E-state index in [1.807, 2.05) is 0 Å². The fourth-order valence-corrected chi connectivity index (χ4v) is 3.20. The highest BCUT2D eigenvalue weighted by Crippen LogP contribution is 2.31. The first-order chi connectivity index (χ1) is 14.4. The Morgan fingerprint density at radius 2 is 1.21 bits per heavy atom. The molecule has 2 rings (SSSR count). The number of alkyl halides is 6. The lowest BCUT2D eigenvalue weighted by atomic mass is 10.1. The summed E-state index contributed by atoms with van der Waals surface area (Å²) in [5.41, 5.74) is 5.07. The normalized spacial score (nSPS) is 14.5. The molecule has 0 spiro atoms. The van der Waals surface area contributed by atoms with Crippen molar-refractivity contribution in [1.29, 1.82) is 0 Å². The van der Waals surface area contributed by atoms with Gasteiger partial charge in [-0.1, -0.05) is 31.7 Å². The number of hydrogen-bond donors (Lipinski definition) is 2. The van der Waals surface area contributed by atoms with Gasteiger partial charge in [0.05, 0.1) is 26.9 Å².